The van der Waals surface area contributed by atoms with E-state index in [0.717, 1.165) is 44.2 Å². The maximum Gasteiger partial charge on any atom is 0.227 e. The van der Waals surface area contributed by atoms with Crippen molar-refractivity contribution in [2.45, 2.75) is 18.9 Å². The van der Waals surface area contributed by atoms with E-state index in [1.54, 1.807) is 0 Å². The summed E-state index contributed by atoms with van der Waals surface area (Å²) in [5.74, 6) is 1.52. The van der Waals surface area contributed by atoms with Crippen LogP contribution < -0.4 is 5.32 Å². The third-order valence-corrected chi connectivity index (χ3v) is 3.76. The topological polar surface area (TPSA) is 54.2 Å². The van der Waals surface area contributed by atoms with Gasteiger partial charge in [-0.2, -0.15) is 4.98 Å². The van der Waals surface area contributed by atoms with Gasteiger partial charge in [-0.25, -0.2) is 0 Å². The molecular weight excluding hydrogens is 252 g/mol. The summed E-state index contributed by atoms with van der Waals surface area (Å²) in [6.07, 6.45) is 1.72. The van der Waals surface area contributed by atoms with Crippen LogP contribution in [0.5, 0.6) is 0 Å². The normalized spacial score (nSPS) is 20.1. The predicted molar refractivity (Wildman–Crippen MR) is 76.4 cm³/mol. The first-order valence-corrected chi connectivity index (χ1v) is 7.10. The van der Waals surface area contributed by atoms with Crippen LogP contribution in [-0.4, -0.2) is 41.7 Å². The molecule has 1 unspecified atom stereocenters. The maximum atomic E-state index is 5.37. The fraction of sp³-hybridized carbons (Fsp3) is 0.467. The lowest BCUT2D eigenvalue weighted by atomic mass is 10.1. The Morgan fingerprint density at radius 3 is 2.95 bits per heavy atom. The Kier molecular flexibility index (Phi) is 4.08. The van der Waals surface area contributed by atoms with Gasteiger partial charge in [0.2, 0.25) is 5.89 Å². The Bertz CT molecular complexity index is 540. The van der Waals surface area contributed by atoms with E-state index in [4.69, 9.17) is 4.52 Å². The zero-order valence-electron chi connectivity index (χ0n) is 11.7. The predicted octanol–water partition coefficient (Wildman–Crippen LogP) is 1.43. The fourth-order valence-corrected chi connectivity index (χ4v) is 2.50. The Balaban J connectivity index is 1.62. The molecular formula is C15H20N4O. The molecule has 0 radical (unpaired) electrons. The molecule has 1 aliphatic heterocycles. The van der Waals surface area contributed by atoms with Gasteiger partial charge in [-0.15, -0.1) is 0 Å². The highest BCUT2D eigenvalue weighted by Gasteiger charge is 2.24. The lowest BCUT2D eigenvalue weighted by Crippen LogP contribution is -2.44. The van der Waals surface area contributed by atoms with E-state index in [9.17, 15) is 0 Å². The summed E-state index contributed by atoms with van der Waals surface area (Å²) in [7, 11) is 2.10. The van der Waals surface area contributed by atoms with Crippen molar-refractivity contribution in [3.05, 3.63) is 47.6 Å². The molecule has 106 valence electrons. The van der Waals surface area contributed by atoms with Crippen molar-refractivity contribution in [3.63, 3.8) is 0 Å². The van der Waals surface area contributed by atoms with Crippen LogP contribution in [0.3, 0.4) is 0 Å². The molecule has 1 N–H and O–H groups in total. The first-order valence-electron chi connectivity index (χ1n) is 7.10. The summed E-state index contributed by atoms with van der Waals surface area (Å²) in [5.41, 5.74) is 1.30. The number of benzene rings is 1. The summed E-state index contributed by atoms with van der Waals surface area (Å²) in [5, 5.41) is 7.50. The highest BCUT2D eigenvalue weighted by molar-refractivity contribution is 5.15. The first-order chi connectivity index (χ1) is 9.83. The minimum Gasteiger partial charge on any atom is -0.339 e. The van der Waals surface area contributed by atoms with Crippen molar-refractivity contribution in [3.8, 4) is 0 Å². The average molecular weight is 272 g/mol. The monoisotopic (exact) mass is 272 g/mol. The van der Waals surface area contributed by atoms with E-state index in [-0.39, 0.29) is 6.04 Å². The number of hydrogen-bond donors (Lipinski definition) is 1. The smallest absolute Gasteiger partial charge is 0.227 e. The summed E-state index contributed by atoms with van der Waals surface area (Å²) < 4.78 is 5.37. The summed E-state index contributed by atoms with van der Waals surface area (Å²) in [6, 6.07) is 10.6. The Morgan fingerprint density at radius 1 is 1.30 bits per heavy atom. The number of aromatic nitrogens is 2. The van der Waals surface area contributed by atoms with E-state index in [1.165, 1.54) is 5.56 Å². The van der Waals surface area contributed by atoms with Crippen molar-refractivity contribution in [2.75, 3.05) is 26.7 Å². The van der Waals surface area contributed by atoms with Crippen LogP contribution in [0.4, 0.5) is 0 Å². The number of nitrogens with one attached hydrogen (secondary N) is 1. The van der Waals surface area contributed by atoms with Crippen LogP contribution in [0.25, 0.3) is 0 Å². The van der Waals surface area contributed by atoms with Gasteiger partial charge in [0, 0.05) is 26.1 Å². The second-order valence-electron chi connectivity index (χ2n) is 5.23. The molecule has 1 atom stereocenters. The molecule has 0 saturated carbocycles. The molecule has 5 nitrogen and oxygen atoms in total. The van der Waals surface area contributed by atoms with Crippen LogP contribution in [0.15, 0.2) is 34.9 Å². The van der Waals surface area contributed by atoms with Crippen molar-refractivity contribution < 1.29 is 4.52 Å². The number of hydrogen-bond acceptors (Lipinski definition) is 5. The van der Waals surface area contributed by atoms with E-state index in [1.807, 2.05) is 6.07 Å². The van der Waals surface area contributed by atoms with Crippen molar-refractivity contribution in [1.82, 2.24) is 20.4 Å². The number of nitrogens with zero attached hydrogens (tertiary/aromatic N) is 3. The molecule has 3 rings (SSSR count). The van der Waals surface area contributed by atoms with Gasteiger partial charge in [-0.3, -0.25) is 4.90 Å². The van der Waals surface area contributed by atoms with Gasteiger partial charge in [0.15, 0.2) is 5.82 Å². The zero-order valence-corrected chi connectivity index (χ0v) is 11.7. The lowest BCUT2D eigenvalue weighted by Gasteiger charge is -2.30. The molecule has 1 aromatic carbocycles. The van der Waals surface area contributed by atoms with Gasteiger partial charge in [0.1, 0.15) is 0 Å². The number of likely N-dealkylation sites (N-methyl/N-ethyl adjacent to an activating group) is 1. The number of rotatable bonds is 4. The van der Waals surface area contributed by atoms with Crippen molar-refractivity contribution >= 4 is 0 Å². The van der Waals surface area contributed by atoms with E-state index in [0.29, 0.717) is 0 Å². The van der Waals surface area contributed by atoms with Gasteiger partial charge in [-0.1, -0.05) is 35.5 Å². The fourth-order valence-electron chi connectivity index (χ4n) is 2.50. The number of piperazine rings is 1. The Morgan fingerprint density at radius 2 is 2.15 bits per heavy atom. The second-order valence-corrected chi connectivity index (χ2v) is 5.23. The molecule has 1 aromatic heterocycles. The quantitative estimate of drug-likeness (QED) is 0.912. The minimum absolute atomic E-state index is 0.220. The second kappa shape index (κ2) is 6.15. The average Bonchev–Trinajstić information content (AvgIpc) is 2.95. The molecule has 20 heavy (non-hydrogen) atoms. The summed E-state index contributed by atoms with van der Waals surface area (Å²) >= 11 is 0. The molecule has 0 aliphatic carbocycles. The summed E-state index contributed by atoms with van der Waals surface area (Å²) in [6.45, 7) is 2.92. The van der Waals surface area contributed by atoms with Gasteiger partial charge < -0.3 is 9.84 Å². The highest BCUT2D eigenvalue weighted by atomic mass is 16.5. The Labute approximate surface area is 119 Å². The molecule has 1 saturated heterocycles. The van der Waals surface area contributed by atoms with Crippen molar-refractivity contribution in [1.29, 1.82) is 0 Å². The minimum atomic E-state index is 0.220. The molecule has 1 aliphatic rings. The standard InChI is InChI=1S/C15H20N4O/c1-19-10-9-16-11-13(19)15-17-14(20-18-15)8-7-12-5-3-2-4-6-12/h2-6,13,16H,7-11H2,1H3. The molecule has 0 spiro atoms. The van der Waals surface area contributed by atoms with Crippen LogP contribution >= 0.6 is 0 Å². The van der Waals surface area contributed by atoms with E-state index in [2.05, 4.69) is 51.7 Å². The van der Waals surface area contributed by atoms with Gasteiger partial charge in [0.25, 0.3) is 0 Å². The highest BCUT2D eigenvalue weighted by Crippen LogP contribution is 2.18. The van der Waals surface area contributed by atoms with Crippen molar-refractivity contribution in [2.24, 2.45) is 0 Å². The lowest BCUT2D eigenvalue weighted by molar-refractivity contribution is 0.190. The Hall–Kier alpha value is -1.72. The molecule has 2 aromatic rings. The number of aryl methyl sites for hydroxylation is 2. The third-order valence-electron chi connectivity index (χ3n) is 3.76. The molecule has 0 amide bonds. The van der Waals surface area contributed by atoms with Gasteiger partial charge in [-0.05, 0) is 19.0 Å². The first kappa shape index (κ1) is 13.3. The molecule has 2 heterocycles. The van der Waals surface area contributed by atoms with Gasteiger partial charge >= 0.3 is 0 Å². The van der Waals surface area contributed by atoms with Crippen LogP contribution in [0.1, 0.15) is 23.3 Å². The molecule has 5 heteroatoms. The molecule has 0 bridgehead atoms. The van der Waals surface area contributed by atoms with Crippen LogP contribution in [0.2, 0.25) is 0 Å². The molecule has 1 fully saturated rings. The van der Waals surface area contributed by atoms with E-state index < -0.39 is 0 Å². The summed E-state index contributed by atoms with van der Waals surface area (Å²) in [4.78, 5) is 6.81. The van der Waals surface area contributed by atoms with Gasteiger partial charge in [0.05, 0.1) is 6.04 Å². The SMILES string of the molecule is CN1CCNCC1c1noc(CCc2ccccc2)n1. The third kappa shape index (κ3) is 3.05. The van der Waals surface area contributed by atoms with Crippen LogP contribution in [0, 0.1) is 0 Å². The zero-order chi connectivity index (χ0) is 13.8. The maximum absolute atomic E-state index is 5.37. The van der Waals surface area contributed by atoms with Crippen LogP contribution in [-0.2, 0) is 12.8 Å². The largest absolute Gasteiger partial charge is 0.339 e. The van der Waals surface area contributed by atoms with E-state index >= 15 is 0 Å².